The molecule has 0 amide bonds. The van der Waals surface area contributed by atoms with Gasteiger partial charge in [0.15, 0.2) is 0 Å². The van der Waals surface area contributed by atoms with Gasteiger partial charge in [-0.25, -0.2) is 0 Å². The van der Waals surface area contributed by atoms with Crippen molar-refractivity contribution < 1.29 is 4.74 Å². The van der Waals surface area contributed by atoms with Crippen molar-refractivity contribution in [3.63, 3.8) is 0 Å². The minimum atomic E-state index is -0.0750. The molecule has 0 atom stereocenters. The Bertz CT molecular complexity index is 2520. The van der Waals surface area contributed by atoms with Crippen LogP contribution in [0.15, 0.2) is 163 Å². The number of fused-ring (bicyclic) bond motifs is 12. The Balaban J connectivity index is 1.01. The van der Waals surface area contributed by atoms with Gasteiger partial charge in [-0.2, -0.15) is 0 Å². The van der Waals surface area contributed by atoms with Gasteiger partial charge in [0, 0.05) is 47.1 Å². The van der Waals surface area contributed by atoms with Gasteiger partial charge in [0.05, 0.1) is 9.79 Å². The Kier molecular flexibility index (Phi) is 6.53. The zero-order valence-electron chi connectivity index (χ0n) is 29.3. The van der Waals surface area contributed by atoms with Gasteiger partial charge in [-0.3, -0.25) is 0 Å². The molecule has 4 heteroatoms. The molecule has 0 aromatic heterocycles. The standard InChI is InChI=1S/C48H34OS3/c1-47(2)33-18-7-5-14-31(33)41-35(47)22-24-38-44(41)49-43-29(16-10-20-37(43)50-38)27-12-9-13-28(26-27)30-17-11-21-39-45(30)52-46-40(51-39)25-23-36-42(46)32-15-6-8-19-34(32)48(36,3)4/h5-26H,1-4H3. The molecular weight excluding hydrogens is 689 g/mol. The van der Waals surface area contributed by atoms with Gasteiger partial charge in [-0.05, 0) is 80.4 Å². The van der Waals surface area contributed by atoms with Crippen LogP contribution >= 0.6 is 35.3 Å². The first-order valence-corrected chi connectivity index (χ1v) is 20.4. The molecule has 0 saturated heterocycles. The summed E-state index contributed by atoms with van der Waals surface area (Å²) in [6.07, 6.45) is 0. The second-order valence-electron chi connectivity index (χ2n) is 15.2. The van der Waals surface area contributed by atoms with Crippen LogP contribution in [0.5, 0.6) is 11.5 Å². The fourth-order valence-corrected chi connectivity index (χ4v) is 12.6. The highest BCUT2D eigenvalue weighted by molar-refractivity contribution is 8.05. The van der Waals surface area contributed by atoms with E-state index in [-0.39, 0.29) is 10.8 Å². The lowest BCUT2D eigenvalue weighted by Gasteiger charge is -2.26. The molecular formula is C48H34OS3. The number of hydrogen-bond acceptors (Lipinski definition) is 4. The number of para-hydroxylation sites is 1. The first-order valence-electron chi connectivity index (χ1n) is 17.9. The highest BCUT2D eigenvalue weighted by Gasteiger charge is 2.40. The number of hydrogen-bond donors (Lipinski definition) is 0. The van der Waals surface area contributed by atoms with Gasteiger partial charge in [0.25, 0.3) is 0 Å². The highest BCUT2D eigenvalue weighted by atomic mass is 32.2. The second-order valence-corrected chi connectivity index (χ2v) is 18.4. The van der Waals surface area contributed by atoms with Crippen molar-refractivity contribution in [1.82, 2.24) is 0 Å². The molecule has 0 spiro atoms. The molecule has 2 aliphatic heterocycles. The molecule has 250 valence electrons. The molecule has 11 rings (SSSR count). The largest absolute Gasteiger partial charge is 0.454 e. The molecule has 2 heterocycles. The lowest BCUT2D eigenvalue weighted by atomic mass is 9.82. The van der Waals surface area contributed by atoms with Crippen LogP contribution in [0, 0.1) is 0 Å². The summed E-state index contributed by atoms with van der Waals surface area (Å²) in [5.74, 6) is 1.93. The SMILES string of the molecule is CC1(C)c2ccccc2-c2c1ccc1c2Oc2c(cccc2-c2cccc(-c3cccc4c3Sc3c(ccc5c3-c3ccccc3C5(C)C)S4)c2)S1. The van der Waals surface area contributed by atoms with Crippen LogP contribution in [0.2, 0.25) is 0 Å². The Hall–Kier alpha value is -4.61. The van der Waals surface area contributed by atoms with Crippen LogP contribution in [-0.4, -0.2) is 0 Å². The minimum Gasteiger partial charge on any atom is -0.454 e. The quantitative estimate of drug-likeness (QED) is 0.176. The Morgan fingerprint density at radius 2 is 0.904 bits per heavy atom. The summed E-state index contributed by atoms with van der Waals surface area (Å²) < 4.78 is 7.09. The Morgan fingerprint density at radius 3 is 1.65 bits per heavy atom. The zero-order valence-corrected chi connectivity index (χ0v) is 31.8. The molecule has 1 nitrogen and oxygen atoms in total. The predicted molar refractivity (Wildman–Crippen MR) is 218 cm³/mol. The average molecular weight is 723 g/mol. The molecule has 4 aliphatic rings. The van der Waals surface area contributed by atoms with Gasteiger partial charge in [-0.1, -0.05) is 166 Å². The van der Waals surface area contributed by atoms with Crippen molar-refractivity contribution in [3.05, 3.63) is 156 Å². The maximum Gasteiger partial charge on any atom is 0.149 e. The van der Waals surface area contributed by atoms with E-state index in [1.54, 1.807) is 0 Å². The van der Waals surface area contributed by atoms with Crippen LogP contribution in [0.3, 0.4) is 0 Å². The third kappa shape index (κ3) is 4.23. The van der Waals surface area contributed by atoms with E-state index in [0.717, 1.165) is 27.5 Å². The number of rotatable bonds is 2. The molecule has 0 unspecified atom stereocenters. The summed E-state index contributed by atoms with van der Waals surface area (Å²) in [7, 11) is 0. The van der Waals surface area contributed by atoms with Crippen molar-refractivity contribution in [1.29, 1.82) is 0 Å². The smallest absolute Gasteiger partial charge is 0.149 e. The van der Waals surface area contributed by atoms with E-state index in [1.165, 1.54) is 80.1 Å². The van der Waals surface area contributed by atoms with Crippen molar-refractivity contribution >= 4 is 35.3 Å². The van der Waals surface area contributed by atoms with Crippen LogP contribution in [0.25, 0.3) is 44.5 Å². The summed E-state index contributed by atoms with van der Waals surface area (Å²) in [5, 5.41) is 0. The highest BCUT2D eigenvalue weighted by Crippen LogP contribution is 2.61. The van der Waals surface area contributed by atoms with E-state index in [9.17, 15) is 0 Å². The first-order chi connectivity index (χ1) is 25.3. The van der Waals surface area contributed by atoms with E-state index < -0.39 is 0 Å². The van der Waals surface area contributed by atoms with E-state index >= 15 is 0 Å². The van der Waals surface area contributed by atoms with Crippen LogP contribution in [0.1, 0.15) is 49.9 Å². The molecule has 2 aliphatic carbocycles. The molecule has 52 heavy (non-hydrogen) atoms. The topological polar surface area (TPSA) is 9.23 Å². The Labute approximate surface area is 317 Å². The molecule has 0 fully saturated rings. The monoisotopic (exact) mass is 722 g/mol. The Morgan fingerprint density at radius 1 is 0.385 bits per heavy atom. The van der Waals surface area contributed by atoms with E-state index in [4.69, 9.17) is 4.74 Å². The maximum atomic E-state index is 7.09. The second kappa shape index (κ2) is 11.0. The molecule has 7 aromatic rings. The lowest BCUT2D eigenvalue weighted by molar-refractivity contribution is 0.457. The average Bonchev–Trinajstić information content (AvgIpc) is 3.56. The van der Waals surface area contributed by atoms with Gasteiger partial charge < -0.3 is 4.74 Å². The molecule has 7 aromatic carbocycles. The molecule has 0 bridgehead atoms. The van der Waals surface area contributed by atoms with Crippen LogP contribution < -0.4 is 4.74 Å². The summed E-state index contributed by atoms with van der Waals surface area (Å²) in [4.78, 5) is 7.70. The van der Waals surface area contributed by atoms with Gasteiger partial charge in [-0.15, -0.1) is 0 Å². The molecule has 0 radical (unpaired) electrons. The van der Waals surface area contributed by atoms with E-state index in [0.29, 0.717) is 0 Å². The third-order valence-electron chi connectivity index (χ3n) is 11.6. The van der Waals surface area contributed by atoms with Gasteiger partial charge in [0.2, 0.25) is 0 Å². The predicted octanol–water partition coefficient (Wildman–Crippen LogP) is 14.5. The fraction of sp³-hybridized carbons (Fsp3) is 0.125. The van der Waals surface area contributed by atoms with Gasteiger partial charge in [0.1, 0.15) is 11.5 Å². The van der Waals surface area contributed by atoms with E-state index in [2.05, 4.69) is 161 Å². The third-order valence-corrected chi connectivity index (χ3v) is 15.4. The van der Waals surface area contributed by atoms with Crippen LogP contribution in [-0.2, 0) is 10.8 Å². The summed E-state index contributed by atoms with van der Waals surface area (Å²) in [6, 6.07) is 49.5. The van der Waals surface area contributed by atoms with Crippen molar-refractivity contribution in [2.45, 2.75) is 67.9 Å². The summed E-state index contributed by atoms with van der Waals surface area (Å²) in [6.45, 7) is 9.39. The van der Waals surface area contributed by atoms with Crippen molar-refractivity contribution in [2.24, 2.45) is 0 Å². The van der Waals surface area contributed by atoms with E-state index in [1.807, 2.05) is 35.3 Å². The maximum absolute atomic E-state index is 7.09. The molecule has 0 saturated carbocycles. The first kappa shape index (κ1) is 31.0. The molecule has 0 N–H and O–H groups in total. The summed E-state index contributed by atoms with van der Waals surface area (Å²) in [5.41, 5.74) is 15.5. The summed E-state index contributed by atoms with van der Waals surface area (Å²) >= 11 is 5.67. The normalized spacial score (nSPS) is 15.9. The van der Waals surface area contributed by atoms with Gasteiger partial charge >= 0.3 is 0 Å². The minimum absolute atomic E-state index is 0.0182. The lowest BCUT2D eigenvalue weighted by Crippen LogP contribution is -2.15. The number of benzene rings is 7. The van der Waals surface area contributed by atoms with Crippen molar-refractivity contribution in [3.8, 4) is 56.0 Å². The van der Waals surface area contributed by atoms with Crippen molar-refractivity contribution in [2.75, 3.05) is 0 Å². The zero-order chi connectivity index (χ0) is 34.9. The number of ether oxygens (including phenoxy) is 1. The van der Waals surface area contributed by atoms with Crippen LogP contribution in [0.4, 0.5) is 0 Å². The fourth-order valence-electron chi connectivity index (χ4n) is 9.00.